The van der Waals surface area contributed by atoms with Crippen LogP contribution in [-0.2, 0) is 30.4 Å². The molecule has 182 valence electrons. The van der Waals surface area contributed by atoms with E-state index in [4.69, 9.17) is 10.8 Å². The first-order valence-electron chi connectivity index (χ1n) is 9.89. The fourth-order valence-corrected chi connectivity index (χ4v) is 2.68. The van der Waals surface area contributed by atoms with Crippen molar-refractivity contribution in [3.05, 3.63) is 29.8 Å². The van der Waals surface area contributed by atoms with Crippen molar-refractivity contribution in [1.82, 2.24) is 16.0 Å². The minimum atomic E-state index is -1.65. The molecule has 0 bridgehead atoms. The van der Waals surface area contributed by atoms with Gasteiger partial charge in [-0.15, -0.1) is 0 Å². The van der Waals surface area contributed by atoms with E-state index in [2.05, 4.69) is 16.0 Å². The number of aliphatic carboxylic acids is 2. The third-order valence-corrected chi connectivity index (χ3v) is 4.48. The number of aromatic hydroxyl groups is 1. The Balaban J connectivity index is 2.96. The van der Waals surface area contributed by atoms with Crippen molar-refractivity contribution in [3.63, 3.8) is 0 Å². The Morgan fingerprint density at radius 3 is 1.88 bits per heavy atom. The van der Waals surface area contributed by atoms with Crippen LogP contribution < -0.4 is 21.7 Å². The second kappa shape index (κ2) is 12.4. The van der Waals surface area contributed by atoms with Crippen molar-refractivity contribution < 1.29 is 44.4 Å². The van der Waals surface area contributed by atoms with Crippen molar-refractivity contribution in [2.45, 2.75) is 57.0 Å². The number of carbonyl (C=O) groups is 5. The van der Waals surface area contributed by atoms with Gasteiger partial charge in [-0.3, -0.25) is 19.2 Å². The molecule has 3 amide bonds. The van der Waals surface area contributed by atoms with E-state index in [0.717, 1.165) is 6.92 Å². The minimum absolute atomic E-state index is 0.0291. The number of aliphatic hydroxyl groups is 1. The van der Waals surface area contributed by atoms with Crippen LogP contribution in [0.2, 0.25) is 0 Å². The third-order valence-electron chi connectivity index (χ3n) is 4.48. The summed E-state index contributed by atoms with van der Waals surface area (Å²) in [5, 5.41) is 44.2. The highest BCUT2D eigenvalue weighted by atomic mass is 16.4. The van der Waals surface area contributed by atoms with Crippen LogP contribution in [0.4, 0.5) is 0 Å². The predicted octanol–water partition coefficient (Wildman–Crippen LogP) is -2.32. The molecule has 5 unspecified atom stereocenters. The number of hydrogen-bond donors (Lipinski definition) is 8. The number of amides is 3. The SMILES string of the molecule is CC(N)C(=O)NC(CC(=O)O)C(=O)NC(C(=O)NC(Cc1ccc(O)cc1)C(=O)O)C(C)O. The Morgan fingerprint density at radius 1 is 0.879 bits per heavy atom. The zero-order valence-electron chi connectivity index (χ0n) is 18.0. The van der Waals surface area contributed by atoms with Crippen molar-refractivity contribution in [2.75, 3.05) is 0 Å². The molecule has 13 heteroatoms. The number of carboxylic acid groups (broad SMARTS) is 2. The van der Waals surface area contributed by atoms with Crippen molar-refractivity contribution in [1.29, 1.82) is 0 Å². The van der Waals surface area contributed by atoms with Gasteiger partial charge in [-0.05, 0) is 31.5 Å². The first-order chi connectivity index (χ1) is 15.3. The van der Waals surface area contributed by atoms with Crippen LogP contribution in [0.15, 0.2) is 24.3 Å². The van der Waals surface area contributed by atoms with E-state index >= 15 is 0 Å². The average Bonchev–Trinajstić information content (AvgIpc) is 2.71. The number of carboxylic acids is 2. The van der Waals surface area contributed by atoms with E-state index in [9.17, 15) is 39.3 Å². The summed E-state index contributed by atoms with van der Waals surface area (Å²) in [5.74, 6) is -5.78. The highest BCUT2D eigenvalue weighted by Gasteiger charge is 2.33. The van der Waals surface area contributed by atoms with Gasteiger partial charge in [-0.25, -0.2) is 4.79 Å². The number of nitrogens with one attached hydrogen (secondary N) is 3. The van der Waals surface area contributed by atoms with Crippen molar-refractivity contribution in [3.8, 4) is 5.75 Å². The number of nitrogens with two attached hydrogens (primary N) is 1. The smallest absolute Gasteiger partial charge is 0.326 e. The van der Waals surface area contributed by atoms with Crippen molar-refractivity contribution >= 4 is 29.7 Å². The van der Waals surface area contributed by atoms with Gasteiger partial charge >= 0.3 is 11.9 Å². The number of rotatable bonds is 12. The lowest BCUT2D eigenvalue weighted by molar-refractivity contribution is -0.144. The molecular formula is C20H28N4O9. The molecule has 33 heavy (non-hydrogen) atoms. The number of phenolic OH excluding ortho intramolecular Hbond substituents is 1. The third kappa shape index (κ3) is 9.13. The minimum Gasteiger partial charge on any atom is -0.508 e. The molecule has 0 aliphatic heterocycles. The quantitative estimate of drug-likeness (QED) is 0.163. The first kappa shape index (κ1) is 27.3. The number of aliphatic hydroxyl groups excluding tert-OH is 1. The van der Waals surface area contributed by atoms with Crippen LogP contribution in [0.1, 0.15) is 25.8 Å². The molecule has 0 radical (unpaired) electrons. The predicted molar refractivity (Wildman–Crippen MR) is 113 cm³/mol. The molecule has 0 heterocycles. The summed E-state index contributed by atoms with van der Waals surface area (Å²) in [6.45, 7) is 2.48. The molecule has 13 nitrogen and oxygen atoms in total. The Morgan fingerprint density at radius 2 is 1.42 bits per heavy atom. The Kier molecular flexibility index (Phi) is 10.2. The summed E-state index contributed by atoms with van der Waals surface area (Å²) < 4.78 is 0. The number of benzene rings is 1. The summed E-state index contributed by atoms with van der Waals surface area (Å²) in [6.07, 6.45) is -2.48. The largest absolute Gasteiger partial charge is 0.508 e. The van der Waals surface area contributed by atoms with Crippen molar-refractivity contribution in [2.24, 2.45) is 5.73 Å². The standard InChI is InChI=1S/C20H28N4O9/c1-9(21)17(29)22-13(8-15(27)28)18(30)24-16(10(2)25)19(31)23-14(20(32)33)7-11-3-5-12(26)6-4-11/h3-6,9-10,13-14,16,25-26H,7-8,21H2,1-2H3,(H,22,29)(H,23,31)(H,24,30)(H,27,28)(H,32,33). The summed E-state index contributed by atoms with van der Waals surface area (Å²) in [6, 6.07) is -0.118. The average molecular weight is 468 g/mol. The normalized spacial score (nSPS) is 15.3. The van der Waals surface area contributed by atoms with Gasteiger partial charge in [0.05, 0.1) is 18.6 Å². The number of carbonyl (C=O) groups excluding carboxylic acids is 3. The molecule has 0 aromatic heterocycles. The van der Waals surface area contributed by atoms with Crippen LogP contribution in [0, 0.1) is 0 Å². The first-order valence-corrected chi connectivity index (χ1v) is 9.89. The molecule has 0 saturated heterocycles. The van der Waals surface area contributed by atoms with Gasteiger partial charge in [0, 0.05) is 6.42 Å². The molecule has 1 aromatic carbocycles. The zero-order valence-corrected chi connectivity index (χ0v) is 18.0. The Hall–Kier alpha value is -3.71. The van der Waals surface area contributed by atoms with Crippen LogP contribution in [0.5, 0.6) is 5.75 Å². The summed E-state index contributed by atoms with van der Waals surface area (Å²) in [5.41, 5.74) is 5.89. The Bertz CT molecular complexity index is 871. The monoisotopic (exact) mass is 468 g/mol. The van der Waals surface area contributed by atoms with Crippen LogP contribution >= 0.6 is 0 Å². The molecule has 1 rings (SSSR count). The maximum atomic E-state index is 12.6. The van der Waals surface area contributed by atoms with Gasteiger partial charge in [0.15, 0.2) is 0 Å². The highest BCUT2D eigenvalue weighted by molar-refractivity contribution is 5.95. The molecule has 0 aliphatic rings. The number of hydrogen-bond acceptors (Lipinski definition) is 8. The number of phenols is 1. The highest BCUT2D eigenvalue weighted by Crippen LogP contribution is 2.12. The van der Waals surface area contributed by atoms with E-state index in [0.29, 0.717) is 5.56 Å². The summed E-state index contributed by atoms with van der Waals surface area (Å²) in [4.78, 5) is 59.6. The summed E-state index contributed by atoms with van der Waals surface area (Å²) >= 11 is 0. The van der Waals surface area contributed by atoms with Gasteiger partial charge < -0.3 is 42.1 Å². The molecule has 9 N–H and O–H groups in total. The van der Waals surface area contributed by atoms with Gasteiger partial charge in [-0.1, -0.05) is 12.1 Å². The summed E-state index contributed by atoms with van der Waals surface area (Å²) in [7, 11) is 0. The lowest BCUT2D eigenvalue weighted by atomic mass is 10.0. The topological polar surface area (TPSA) is 228 Å². The van der Waals surface area contributed by atoms with Gasteiger partial charge in [-0.2, -0.15) is 0 Å². The maximum Gasteiger partial charge on any atom is 0.326 e. The molecule has 0 spiro atoms. The van der Waals surface area contributed by atoms with Crippen LogP contribution in [-0.4, -0.2) is 80.4 Å². The lowest BCUT2D eigenvalue weighted by Gasteiger charge is -2.26. The van der Waals surface area contributed by atoms with E-state index in [1.807, 2.05) is 0 Å². The molecular weight excluding hydrogens is 440 g/mol. The molecule has 0 saturated carbocycles. The van der Waals surface area contributed by atoms with E-state index in [-0.39, 0.29) is 12.2 Å². The Labute approximate surface area is 189 Å². The van der Waals surface area contributed by atoms with E-state index < -0.39 is 66.4 Å². The zero-order chi connectivity index (χ0) is 25.3. The maximum absolute atomic E-state index is 12.6. The molecule has 0 aliphatic carbocycles. The van der Waals surface area contributed by atoms with Crippen LogP contribution in [0.3, 0.4) is 0 Å². The second-order valence-electron chi connectivity index (χ2n) is 7.44. The lowest BCUT2D eigenvalue weighted by Crippen LogP contribution is -2.60. The fourth-order valence-electron chi connectivity index (χ4n) is 2.68. The van der Waals surface area contributed by atoms with Gasteiger partial charge in [0.1, 0.15) is 23.9 Å². The molecule has 0 fully saturated rings. The van der Waals surface area contributed by atoms with E-state index in [1.54, 1.807) is 0 Å². The van der Waals surface area contributed by atoms with E-state index in [1.165, 1.54) is 31.2 Å². The van der Waals surface area contributed by atoms with Gasteiger partial charge in [0.2, 0.25) is 17.7 Å². The second-order valence-corrected chi connectivity index (χ2v) is 7.44. The van der Waals surface area contributed by atoms with Crippen LogP contribution in [0.25, 0.3) is 0 Å². The molecule has 5 atom stereocenters. The molecule has 1 aromatic rings. The fraction of sp³-hybridized carbons (Fsp3) is 0.450. The van der Waals surface area contributed by atoms with Gasteiger partial charge in [0.25, 0.3) is 0 Å².